The van der Waals surface area contributed by atoms with E-state index >= 15 is 0 Å². The number of carbonyl (C=O) groups is 2. The van der Waals surface area contributed by atoms with Gasteiger partial charge in [0, 0.05) is 17.5 Å². The molecule has 0 spiro atoms. The van der Waals surface area contributed by atoms with E-state index < -0.39 is 24.6 Å². The summed E-state index contributed by atoms with van der Waals surface area (Å²) in [5.41, 5.74) is 0.0484. The van der Waals surface area contributed by atoms with E-state index in [9.17, 15) is 19.6 Å². The summed E-state index contributed by atoms with van der Waals surface area (Å²) in [6.07, 6.45) is 0.799. The fourth-order valence-corrected chi connectivity index (χ4v) is 5.27. The molecule has 0 fully saturated rings. The maximum absolute atomic E-state index is 13.5. The van der Waals surface area contributed by atoms with Gasteiger partial charge in [0.25, 0.3) is 11.8 Å². The number of oxime groups is 1. The molecule has 1 aromatic heterocycles. The molecule has 4 N–H and O–H groups in total. The largest absolute Gasteiger partial charge is 0.475 e. The normalized spacial score (nSPS) is 18.0. The van der Waals surface area contributed by atoms with Gasteiger partial charge in [0.1, 0.15) is 0 Å². The molecule has 2 heterocycles. The lowest BCUT2D eigenvalue weighted by Gasteiger charge is -2.29. The summed E-state index contributed by atoms with van der Waals surface area (Å²) >= 11 is 1.41. The van der Waals surface area contributed by atoms with Crippen LogP contribution in [0, 0.1) is 5.92 Å². The van der Waals surface area contributed by atoms with Gasteiger partial charge in [-0.3, -0.25) is 9.59 Å². The second-order valence-electron chi connectivity index (χ2n) is 9.54. The third-order valence-electron chi connectivity index (χ3n) is 6.09. The van der Waals surface area contributed by atoms with Crippen molar-refractivity contribution in [2.24, 2.45) is 11.1 Å². The number of hydrogen-bond acceptors (Lipinski definition) is 7. The zero-order valence-electron chi connectivity index (χ0n) is 20.3. The van der Waals surface area contributed by atoms with Crippen molar-refractivity contribution in [3.8, 4) is 0 Å². The van der Waals surface area contributed by atoms with Crippen molar-refractivity contribution in [1.82, 2.24) is 10.6 Å². The third-order valence-corrected chi connectivity index (χ3v) is 7.20. The molecular weight excluding hydrogens is 477 g/mol. The van der Waals surface area contributed by atoms with Crippen LogP contribution in [0.4, 0.5) is 0 Å². The minimum absolute atomic E-state index is 0.134. The van der Waals surface area contributed by atoms with Crippen LogP contribution in [0.3, 0.4) is 0 Å². The fraction of sp³-hybridized carbons (Fsp3) is 0.346. The lowest BCUT2D eigenvalue weighted by Crippen LogP contribution is -2.56. The summed E-state index contributed by atoms with van der Waals surface area (Å²) in [5.74, 6) is -1.39. The first kappa shape index (κ1) is 25.9. The molecule has 10 heteroatoms. The van der Waals surface area contributed by atoms with Crippen LogP contribution in [0.5, 0.6) is 0 Å². The molecule has 36 heavy (non-hydrogen) atoms. The standard InChI is InChI=1S/C26H30BN3O5S/c1-17(2)12-23(27(33)34)29-25(32)26(14-18-8-4-3-5-9-18)15-20(30-35-26)16-28-24(31)22-13-19-10-6-7-11-21(19)36-22/h3-11,13,17,23,33-34H,12,14-16H2,1-2H3,(H,28,31)(H,29,32). The summed E-state index contributed by atoms with van der Waals surface area (Å²) in [6.45, 7) is 4.01. The Bertz CT molecular complexity index is 1210. The number of nitrogens with zero attached hydrogens (tertiary/aromatic N) is 1. The van der Waals surface area contributed by atoms with E-state index in [4.69, 9.17) is 4.84 Å². The smallest absolute Gasteiger partial charge is 0.426 e. The Kier molecular flexibility index (Phi) is 8.08. The van der Waals surface area contributed by atoms with E-state index in [-0.39, 0.29) is 31.2 Å². The summed E-state index contributed by atoms with van der Waals surface area (Å²) in [4.78, 5) is 32.6. The number of rotatable bonds is 10. The molecule has 0 saturated heterocycles. The van der Waals surface area contributed by atoms with Crippen molar-refractivity contribution in [3.63, 3.8) is 0 Å². The minimum atomic E-state index is -1.70. The van der Waals surface area contributed by atoms with Gasteiger partial charge in [0.2, 0.25) is 5.60 Å². The Morgan fingerprint density at radius 2 is 1.86 bits per heavy atom. The molecule has 2 unspecified atom stereocenters. The number of amides is 2. The Morgan fingerprint density at radius 3 is 2.56 bits per heavy atom. The molecule has 2 aromatic carbocycles. The quantitative estimate of drug-likeness (QED) is 0.315. The average molecular weight is 507 g/mol. The van der Waals surface area contributed by atoms with Crippen molar-refractivity contribution in [2.75, 3.05) is 6.54 Å². The van der Waals surface area contributed by atoms with Crippen molar-refractivity contribution >= 4 is 46.1 Å². The van der Waals surface area contributed by atoms with Gasteiger partial charge < -0.3 is 25.5 Å². The van der Waals surface area contributed by atoms with Gasteiger partial charge in [-0.25, -0.2) is 0 Å². The highest BCUT2D eigenvalue weighted by molar-refractivity contribution is 7.20. The third kappa shape index (κ3) is 6.13. The van der Waals surface area contributed by atoms with Gasteiger partial charge in [-0.2, -0.15) is 0 Å². The van der Waals surface area contributed by atoms with Crippen LogP contribution in [0.15, 0.2) is 65.8 Å². The molecule has 1 aliphatic heterocycles. The highest BCUT2D eigenvalue weighted by atomic mass is 32.1. The number of carbonyl (C=O) groups excluding carboxylic acids is 2. The van der Waals surface area contributed by atoms with Crippen LogP contribution in [0.1, 0.15) is 41.9 Å². The van der Waals surface area contributed by atoms with Crippen molar-refractivity contribution in [3.05, 3.63) is 71.1 Å². The molecule has 2 atom stereocenters. The van der Waals surface area contributed by atoms with E-state index in [2.05, 4.69) is 15.8 Å². The molecule has 0 bridgehead atoms. The first-order valence-electron chi connectivity index (χ1n) is 12.0. The Balaban J connectivity index is 1.46. The van der Waals surface area contributed by atoms with Gasteiger partial charge >= 0.3 is 7.12 Å². The molecule has 3 aromatic rings. The molecule has 2 amide bonds. The van der Waals surface area contributed by atoms with Crippen molar-refractivity contribution < 1.29 is 24.5 Å². The van der Waals surface area contributed by atoms with Crippen LogP contribution in [-0.2, 0) is 16.1 Å². The predicted octanol–water partition coefficient (Wildman–Crippen LogP) is 2.93. The number of benzene rings is 2. The Labute approximate surface area is 214 Å². The van der Waals surface area contributed by atoms with Crippen molar-refractivity contribution in [1.29, 1.82) is 0 Å². The lowest BCUT2D eigenvalue weighted by atomic mass is 9.74. The lowest BCUT2D eigenvalue weighted by molar-refractivity contribution is -0.144. The maximum Gasteiger partial charge on any atom is 0.475 e. The molecule has 0 radical (unpaired) electrons. The second-order valence-corrected chi connectivity index (χ2v) is 10.6. The Morgan fingerprint density at radius 1 is 1.14 bits per heavy atom. The molecule has 188 valence electrons. The van der Waals surface area contributed by atoms with E-state index in [1.807, 2.05) is 74.5 Å². The zero-order valence-corrected chi connectivity index (χ0v) is 21.1. The Hall–Kier alpha value is -3.21. The summed E-state index contributed by atoms with van der Waals surface area (Å²) in [5, 5.41) is 30.4. The van der Waals surface area contributed by atoms with Gasteiger partial charge in [-0.05, 0) is 35.4 Å². The SMILES string of the molecule is CC(C)CC(NC(=O)C1(Cc2ccccc2)CC(CNC(=O)c2cc3ccccc3s2)=NO1)B(O)O. The van der Waals surface area contributed by atoms with Gasteiger partial charge in [-0.15, -0.1) is 11.3 Å². The van der Waals surface area contributed by atoms with E-state index in [0.717, 1.165) is 15.6 Å². The average Bonchev–Trinajstić information content (AvgIpc) is 3.47. The molecule has 0 saturated carbocycles. The van der Waals surface area contributed by atoms with Crippen LogP contribution < -0.4 is 10.6 Å². The zero-order chi connectivity index (χ0) is 25.7. The maximum atomic E-state index is 13.5. The summed E-state index contributed by atoms with van der Waals surface area (Å²) in [6, 6.07) is 19.1. The number of thiophene rings is 1. The minimum Gasteiger partial charge on any atom is -0.426 e. The van der Waals surface area contributed by atoms with Crippen LogP contribution in [0.25, 0.3) is 10.1 Å². The molecule has 8 nitrogen and oxygen atoms in total. The highest BCUT2D eigenvalue weighted by Crippen LogP contribution is 2.30. The highest BCUT2D eigenvalue weighted by Gasteiger charge is 2.48. The monoisotopic (exact) mass is 507 g/mol. The summed E-state index contributed by atoms with van der Waals surface area (Å²) < 4.78 is 1.03. The first-order valence-corrected chi connectivity index (χ1v) is 12.8. The topological polar surface area (TPSA) is 120 Å². The number of nitrogens with one attached hydrogen (secondary N) is 2. The number of fused-ring (bicyclic) bond motifs is 1. The van der Waals surface area contributed by atoms with Gasteiger partial charge in [0.15, 0.2) is 0 Å². The predicted molar refractivity (Wildman–Crippen MR) is 142 cm³/mol. The van der Waals surface area contributed by atoms with Crippen LogP contribution >= 0.6 is 11.3 Å². The van der Waals surface area contributed by atoms with Crippen molar-refractivity contribution in [2.45, 2.75) is 44.7 Å². The van der Waals surface area contributed by atoms with E-state index in [0.29, 0.717) is 17.0 Å². The molecule has 4 rings (SSSR count). The van der Waals surface area contributed by atoms with E-state index in [1.165, 1.54) is 11.3 Å². The first-order chi connectivity index (χ1) is 17.3. The van der Waals surface area contributed by atoms with Gasteiger partial charge in [0.05, 0.1) is 23.1 Å². The molecular formula is C26H30BN3O5S. The van der Waals surface area contributed by atoms with E-state index in [1.54, 1.807) is 0 Å². The summed E-state index contributed by atoms with van der Waals surface area (Å²) in [7, 11) is -1.70. The molecule has 0 aliphatic carbocycles. The number of hydrogen-bond donors (Lipinski definition) is 4. The molecule has 1 aliphatic rings. The second kappa shape index (κ2) is 11.2. The fourth-order valence-electron chi connectivity index (χ4n) is 4.29. The van der Waals surface area contributed by atoms with Crippen LogP contribution in [0.2, 0.25) is 0 Å². The van der Waals surface area contributed by atoms with Crippen LogP contribution in [-0.4, -0.2) is 52.8 Å². The van der Waals surface area contributed by atoms with Gasteiger partial charge in [-0.1, -0.05) is 67.5 Å².